The second-order valence-electron chi connectivity index (χ2n) is 5.73. The molecule has 0 spiro atoms. The van der Waals surface area contributed by atoms with Gasteiger partial charge < -0.3 is 0 Å². The molecule has 1 unspecified atom stereocenters. The Balaban J connectivity index is 1.75. The molecule has 0 aliphatic carbocycles. The molecule has 1 heterocycles. The van der Waals surface area contributed by atoms with Crippen molar-refractivity contribution in [1.82, 2.24) is 5.48 Å². The maximum absolute atomic E-state index is 11.5. The van der Waals surface area contributed by atoms with Crippen molar-refractivity contribution in [2.75, 3.05) is 0 Å². The summed E-state index contributed by atoms with van der Waals surface area (Å²) in [5.74, 6) is 0.566. The van der Waals surface area contributed by atoms with Gasteiger partial charge in [0.15, 0.2) is 0 Å². The summed E-state index contributed by atoms with van der Waals surface area (Å²) in [6.07, 6.45) is 0.756. The highest BCUT2D eigenvalue weighted by Gasteiger charge is 2.25. The molecule has 0 fully saturated rings. The van der Waals surface area contributed by atoms with Crippen molar-refractivity contribution < 1.29 is 8.49 Å². The molecule has 0 saturated heterocycles. The molecule has 120 valence electrons. The average Bonchev–Trinajstić information content (AvgIpc) is 3.06. The highest BCUT2D eigenvalue weighted by atomic mass is 32.2. The van der Waals surface area contributed by atoms with E-state index in [9.17, 15) is 4.21 Å². The first kappa shape index (κ1) is 15.1. The SMILES string of the molecule is O=S1N=C([C@@H](Cc2ccccc2)c2ccc3ccccc3c2)NO1. The van der Waals surface area contributed by atoms with Crippen molar-refractivity contribution in [3.63, 3.8) is 0 Å². The number of hydroxylamine groups is 1. The van der Waals surface area contributed by atoms with Crippen LogP contribution in [0.2, 0.25) is 0 Å². The molecule has 1 aliphatic rings. The number of fused-ring (bicyclic) bond motifs is 1. The Labute approximate surface area is 142 Å². The van der Waals surface area contributed by atoms with E-state index >= 15 is 0 Å². The number of nitrogens with zero attached hydrogens (tertiary/aromatic N) is 1. The highest BCUT2D eigenvalue weighted by molar-refractivity contribution is 7.79. The van der Waals surface area contributed by atoms with E-state index in [1.165, 1.54) is 16.3 Å². The topological polar surface area (TPSA) is 50.7 Å². The minimum absolute atomic E-state index is 0.0385. The van der Waals surface area contributed by atoms with Crippen LogP contribution in [0.1, 0.15) is 17.0 Å². The van der Waals surface area contributed by atoms with Crippen molar-refractivity contribution in [1.29, 1.82) is 0 Å². The third kappa shape index (κ3) is 3.09. The third-order valence-electron chi connectivity index (χ3n) is 4.18. The van der Waals surface area contributed by atoms with E-state index in [2.05, 4.69) is 52.3 Å². The Morgan fingerprint density at radius 1 is 0.958 bits per heavy atom. The van der Waals surface area contributed by atoms with Gasteiger partial charge in [-0.15, -0.1) is 4.40 Å². The molecular formula is C19H16N2O2S. The van der Waals surface area contributed by atoms with Crippen LogP contribution < -0.4 is 5.48 Å². The summed E-state index contributed by atoms with van der Waals surface area (Å²) in [6.45, 7) is 0. The third-order valence-corrected chi connectivity index (χ3v) is 4.75. The first-order chi connectivity index (χ1) is 11.8. The van der Waals surface area contributed by atoms with E-state index in [0.717, 1.165) is 12.0 Å². The quantitative estimate of drug-likeness (QED) is 0.791. The molecule has 3 aromatic carbocycles. The van der Waals surface area contributed by atoms with Gasteiger partial charge in [0.2, 0.25) is 0 Å². The smallest absolute Gasteiger partial charge is 0.234 e. The normalized spacial score (nSPS) is 18.2. The Morgan fingerprint density at radius 2 is 1.71 bits per heavy atom. The van der Waals surface area contributed by atoms with Gasteiger partial charge in [-0.25, -0.2) is 9.69 Å². The molecule has 4 rings (SSSR count). The number of nitrogens with one attached hydrogen (secondary N) is 1. The van der Waals surface area contributed by atoms with E-state index in [1.807, 2.05) is 30.3 Å². The Morgan fingerprint density at radius 3 is 2.46 bits per heavy atom. The fourth-order valence-corrected chi connectivity index (χ4v) is 3.50. The summed E-state index contributed by atoms with van der Waals surface area (Å²) in [4.78, 5) is 0. The van der Waals surface area contributed by atoms with Crippen molar-refractivity contribution in [2.24, 2.45) is 4.40 Å². The molecule has 5 heteroatoms. The molecule has 4 nitrogen and oxygen atoms in total. The lowest BCUT2D eigenvalue weighted by molar-refractivity contribution is 0.301. The average molecular weight is 336 g/mol. The van der Waals surface area contributed by atoms with Gasteiger partial charge in [-0.1, -0.05) is 72.8 Å². The van der Waals surface area contributed by atoms with Gasteiger partial charge in [0.05, 0.1) is 0 Å². The maximum atomic E-state index is 11.5. The lowest BCUT2D eigenvalue weighted by atomic mass is 9.89. The fraction of sp³-hybridized carbons (Fsp3) is 0.105. The van der Waals surface area contributed by atoms with Gasteiger partial charge in [0, 0.05) is 5.92 Å². The fourth-order valence-electron chi connectivity index (χ4n) is 2.98. The van der Waals surface area contributed by atoms with Crippen molar-refractivity contribution in [3.05, 3.63) is 83.9 Å². The molecule has 0 saturated carbocycles. The van der Waals surface area contributed by atoms with Gasteiger partial charge in [-0.3, -0.25) is 0 Å². The number of benzene rings is 3. The van der Waals surface area contributed by atoms with Crippen LogP contribution in [0.4, 0.5) is 0 Å². The molecule has 0 aromatic heterocycles. The zero-order valence-corrected chi connectivity index (χ0v) is 13.7. The van der Waals surface area contributed by atoms with Gasteiger partial charge >= 0.3 is 11.3 Å². The maximum Gasteiger partial charge on any atom is 0.309 e. The summed E-state index contributed by atoms with van der Waals surface area (Å²) in [6, 6.07) is 24.8. The molecule has 3 aromatic rings. The van der Waals surface area contributed by atoms with Gasteiger partial charge in [-0.2, -0.15) is 4.28 Å². The van der Waals surface area contributed by atoms with Crippen LogP contribution in [0.25, 0.3) is 10.8 Å². The van der Waals surface area contributed by atoms with Gasteiger partial charge in [0.25, 0.3) is 0 Å². The first-order valence-electron chi connectivity index (χ1n) is 7.76. The summed E-state index contributed by atoms with van der Waals surface area (Å²) in [5, 5.41) is 2.37. The predicted molar refractivity (Wildman–Crippen MR) is 96.6 cm³/mol. The lowest BCUT2D eigenvalue weighted by Gasteiger charge is -2.17. The van der Waals surface area contributed by atoms with E-state index in [4.69, 9.17) is 4.28 Å². The first-order valence-corrected chi connectivity index (χ1v) is 8.79. The highest BCUT2D eigenvalue weighted by Crippen LogP contribution is 2.27. The lowest BCUT2D eigenvalue weighted by Crippen LogP contribution is -2.26. The van der Waals surface area contributed by atoms with Gasteiger partial charge in [0.1, 0.15) is 5.84 Å². The zero-order chi connectivity index (χ0) is 16.4. The zero-order valence-electron chi connectivity index (χ0n) is 12.9. The Kier molecular flexibility index (Phi) is 4.11. The van der Waals surface area contributed by atoms with Crippen LogP contribution >= 0.6 is 0 Å². The monoisotopic (exact) mass is 336 g/mol. The molecule has 0 bridgehead atoms. The second-order valence-corrected chi connectivity index (χ2v) is 6.51. The molecule has 24 heavy (non-hydrogen) atoms. The van der Waals surface area contributed by atoms with Crippen LogP contribution in [0.15, 0.2) is 77.2 Å². The molecule has 0 radical (unpaired) electrons. The predicted octanol–water partition coefficient (Wildman–Crippen LogP) is 3.68. The summed E-state index contributed by atoms with van der Waals surface area (Å²) in [5.41, 5.74) is 5.03. The van der Waals surface area contributed by atoms with E-state index in [1.54, 1.807) is 0 Å². The standard InChI is InChI=1S/C19H16N2O2S/c22-24-21-19(20-23-24)18(12-14-6-2-1-3-7-14)17-11-10-15-8-4-5-9-16(15)13-17/h1-11,13,18H,12H2,(H,20,21)/t18-,24?/m0/s1. The van der Waals surface area contributed by atoms with Crippen molar-refractivity contribution >= 4 is 27.9 Å². The van der Waals surface area contributed by atoms with Crippen molar-refractivity contribution in [3.8, 4) is 0 Å². The molecule has 2 atom stereocenters. The Bertz CT molecular complexity index is 925. The molecule has 1 aliphatic heterocycles. The van der Waals surface area contributed by atoms with E-state index in [-0.39, 0.29) is 5.92 Å². The minimum atomic E-state index is -1.66. The van der Waals surface area contributed by atoms with Crippen molar-refractivity contribution in [2.45, 2.75) is 12.3 Å². The summed E-state index contributed by atoms with van der Waals surface area (Å²) >= 11 is -1.66. The number of amidine groups is 1. The second kappa shape index (κ2) is 6.55. The van der Waals surface area contributed by atoms with E-state index < -0.39 is 11.3 Å². The molecular weight excluding hydrogens is 320 g/mol. The number of hydrogen-bond donors (Lipinski definition) is 1. The number of hydrogen-bond acceptors (Lipinski definition) is 3. The van der Waals surface area contributed by atoms with Crippen LogP contribution in [-0.4, -0.2) is 10.0 Å². The van der Waals surface area contributed by atoms with Crippen LogP contribution in [0.5, 0.6) is 0 Å². The van der Waals surface area contributed by atoms with Crippen LogP contribution in [-0.2, 0) is 22.0 Å². The molecule has 0 amide bonds. The number of rotatable bonds is 4. The summed E-state index contributed by atoms with van der Waals surface area (Å²) in [7, 11) is 0. The van der Waals surface area contributed by atoms with E-state index in [0.29, 0.717) is 5.84 Å². The Hall–Kier alpha value is -2.50. The summed E-state index contributed by atoms with van der Waals surface area (Å²) < 4.78 is 20.5. The largest absolute Gasteiger partial charge is 0.309 e. The van der Waals surface area contributed by atoms with Crippen LogP contribution in [0, 0.1) is 0 Å². The van der Waals surface area contributed by atoms with Gasteiger partial charge in [-0.05, 0) is 28.3 Å². The minimum Gasteiger partial charge on any atom is -0.234 e. The molecule has 1 N–H and O–H groups in total. The van der Waals surface area contributed by atoms with Crippen LogP contribution in [0.3, 0.4) is 0 Å².